The average molecular weight is 535 g/mol. The van der Waals surface area contributed by atoms with Crippen LogP contribution in [0.4, 0.5) is 0 Å². The second-order valence-corrected chi connectivity index (χ2v) is 10.7. The zero-order chi connectivity index (χ0) is 27.9. The molecule has 0 aliphatic carbocycles. The lowest BCUT2D eigenvalue weighted by Crippen LogP contribution is -1.91. The first-order valence-electron chi connectivity index (χ1n) is 14.2. The maximum Gasteiger partial charge on any atom is 0.0722 e. The van der Waals surface area contributed by atoms with Gasteiger partial charge in [0.1, 0.15) is 0 Å². The molecule has 0 spiro atoms. The lowest BCUT2D eigenvalue weighted by Gasteiger charge is -2.14. The van der Waals surface area contributed by atoms with Gasteiger partial charge in [-0.15, -0.1) is 0 Å². The van der Waals surface area contributed by atoms with Crippen molar-refractivity contribution in [2.24, 2.45) is 0 Å². The molecule has 0 bridgehead atoms. The van der Waals surface area contributed by atoms with Gasteiger partial charge in [0, 0.05) is 34.3 Å². The number of pyridine rings is 2. The van der Waals surface area contributed by atoms with Crippen LogP contribution in [0.25, 0.3) is 77.1 Å². The predicted octanol–water partition coefficient (Wildman–Crippen LogP) is 10.6. The van der Waals surface area contributed by atoms with Crippen LogP contribution in [0.15, 0.2) is 158 Å². The van der Waals surface area contributed by atoms with Crippen LogP contribution < -0.4 is 0 Å². The molecule has 0 saturated carbocycles. The van der Waals surface area contributed by atoms with Crippen molar-refractivity contribution >= 4 is 32.4 Å². The second kappa shape index (κ2) is 10.1. The van der Waals surface area contributed by atoms with E-state index in [1.807, 2.05) is 18.5 Å². The molecule has 2 heteroatoms. The molecule has 42 heavy (non-hydrogen) atoms. The summed E-state index contributed by atoms with van der Waals surface area (Å²) in [5.41, 5.74) is 10.2. The van der Waals surface area contributed by atoms with Crippen LogP contribution in [-0.4, -0.2) is 9.97 Å². The first-order chi connectivity index (χ1) is 20.8. The molecular weight excluding hydrogens is 508 g/mol. The number of benzene rings is 6. The standard InChI is InChI=1S/C40H26N2/c1-2-9-32(10-3-1)39-24-36(40-35-13-7-4-8-29(35)22-23-38(40)42-39)30-18-14-27(15-19-30)28-16-20-31(21-17-28)37-26-41-25-33-11-5-6-12-34(33)37/h1-26H. The normalized spacial score (nSPS) is 11.3. The fraction of sp³-hybridized carbons (Fsp3) is 0. The topological polar surface area (TPSA) is 25.8 Å². The monoisotopic (exact) mass is 534 g/mol. The summed E-state index contributed by atoms with van der Waals surface area (Å²) in [4.78, 5) is 9.56. The molecule has 0 unspecified atom stereocenters. The van der Waals surface area contributed by atoms with Gasteiger partial charge in [0.05, 0.1) is 11.2 Å². The zero-order valence-corrected chi connectivity index (χ0v) is 22.9. The molecule has 0 amide bonds. The molecule has 2 heterocycles. The summed E-state index contributed by atoms with van der Waals surface area (Å²) in [7, 11) is 0. The molecule has 0 radical (unpaired) electrons. The van der Waals surface area contributed by atoms with E-state index in [1.54, 1.807) is 0 Å². The largest absolute Gasteiger partial charge is 0.263 e. The van der Waals surface area contributed by atoms with Crippen LogP contribution in [0, 0.1) is 0 Å². The maximum absolute atomic E-state index is 5.09. The lowest BCUT2D eigenvalue weighted by molar-refractivity contribution is 1.36. The maximum atomic E-state index is 5.09. The highest BCUT2D eigenvalue weighted by Gasteiger charge is 2.13. The van der Waals surface area contributed by atoms with Crippen molar-refractivity contribution in [3.8, 4) is 44.6 Å². The van der Waals surface area contributed by atoms with Gasteiger partial charge in [-0.25, -0.2) is 4.98 Å². The van der Waals surface area contributed by atoms with E-state index in [1.165, 1.54) is 49.4 Å². The number of nitrogens with zero attached hydrogens (tertiary/aromatic N) is 2. The van der Waals surface area contributed by atoms with Gasteiger partial charge >= 0.3 is 0 Å². The summed E-state index contributed by atoms with van der Waals surface area (Å²) in [6, 6.07) is 51.7. The van der Waals surface area contributed by atoms with E-state index in [9.17, 15) is 0 Å². The van der Waals surface area contributed by atoms with Gasteiger partial charge in [-0.1, -0.05) is 133 Å². The minimum absolute atomic E-state index is 0.982. The van der Waals surface area contributed by atoms with Crippen molar-refractivity contribution in [2.75, 3.05) is 0 Å². The molecule has 2 nitrogen and oxygen atoms in total. The lowest BCUT2D eigenvalue weighted by atomic mass is 9.93. The van der Waals surface area contributed by atoms with Crippen molar-refractivity contribution in [2.45, 2.75) is 0 Å². The van der Waals surface area contributed by atoms with E-state index < -0.39 is 0 Å². The second-order valence-electron chi connectivity index (χ2n) is 10.7. The van der Waals surface area contributed by atoms with Gasteiger partial charge in [-0.2, -0.15) is 0 Å². The third-order valence-corrected chi connectivity index (χ3v) is 8.16. The van der Waals surface area contributed by atoms with Crippen molar-refractivity contribution in [1.82, 2.24) is 9.97 Å². The van der Waals surface area contributed by atoms with Crippen LogP contribution in [0.2, 0.25) is 0 Å². The van der Waals surface area contributed by atoms with E-state index in [-0.39, 0.29) is 0 Å². The molecule has 0 aliphatic rings. The molecule has 0 N–H and O–H groups in total. The van der Waals surface area contributed by atoms with E-state index in [0.29, 0.717) is 0 Å². The summed E-state index contributed by atoms with van der Waals surface area (Å²) in [5, 5.41) is 6.00. The van der Waals surface area contributed by atoms with Crippen LogP contribution in [0.3, 0.4) is 0 Å². The van der Waals surface area contributed by atoms with Gasteiger partial charge in [0.25, 0.3) is 0 Å². The van der Waals surface area contributed by atoms with Gasteiger partial charge in [-0.05, 0) is 56.1 Å². The Balaban J connectivity index is 1.21. The number of hydrogen-bond donors (Lipinski definition) is 0. The number of hydrogen-bond acceptors (Lipinski definition) is 2. The van der Waals surface area contributed by atoms with Crippen LogP contribution in [0.5, 0.6) is 0 Å². The highest BCUT2D eigenvalue weighted by Crippen LogP contribution is 2.37. The molecule has 0 saturated heterocycles. The van der Waals surface area contributed by atoms with Crippen LogP contribution in [0.1, 0.15) is 0 Å². The summed E-state index contributed by atoms with van der Waals surface area (Å²) < 4.78 is 0. The Bertz CT molecular complexity index is 2210. The van der Waals surface area contributed by atoms with E-state index in [4.69, 9.17) is 4.98 Å². The fourth-order valence-electron chi connectivity index (χ4n) is 6.02. The van der Waals surface area contributed by atoms with Crippen molar-refractivity contribution < 1.29 is 0 Å². The average Bonchev–Trinajstić information content (AvgIpc) is 3.08. The van der Waals surface area contributed by atoms with Gasteiger partial charge in [0.15, 0.2) is 0 Å². The zero-order valence-electron chi connectivity index (χ0n) is 22.9. The third-order valence-electron chi connectivity index (χ3n) is 8.16. The summed E-state index contributed by atoms with van der Waals surface area (Å²) in [6.07, 6.45) is 3.88. The Hall–Kier alpha value is -5.60. The smallest absolute Gasteiger partial charge is 0.0722 e. The van der Waals surface area contributed by atoms with Crippen molar-refractivity contribution in [3.05, 3.63) is 158 Å². The molecule has 6 aromatic carbocycles. The SMILES string of the molecule is c1ccc(-c2cc(-c3ccc(-c4ccc(-c5cncc6ccccc56)cc4)cc3)c3c(ccc4ccccc43)n2)cc1. The molecule has 0 atom stereocenters. The Kier molecular flexibility index (Phi) is 5.82. The predicted molar refractivity (Wildman–Crippen MR) is 176 cm³/mol. The Morgan fingerprint density at radius 2 is 0.976 bits per heavy atom. The Morgan fingerprint density at radius 3 is 1.71 bits per heavy atom. The van der Waals surface area contributed by atoms with E-state index >= 15 is 0 Å². The number of rotatable bonds is 4. The molecule has 2 aromatic heterocycles. The fourth-order valence-corrected chi connectivity index (χ4v) is 6.02. The summed E-state index contributed by atoms with van der Waals surface area (Å²) in [6.45, 7) is 0. The van der Waals surface area contributed by atoms with Crippen molar-refractivity contribution in [1.29, 1.82) is 0 Å². The molecule has 0 fully saturated rings. The molecular formula is C40H26N2. The van der Waals surface area contributed by atoms with Gasteiger partial charge in [0.2, 0.25) is 0 Å². The van der Waals surface area contributed by atoms with E-state index in [2.05, 4.69) is 145 Å². The highest BCUT2D eigenvalue weighted by molar-refractivity contribution is 6.13. The van der Waals surface area contributed by atoms with Crippen LogP contribution in [-0.2, 0) is 0 Å². The summed E-state index contributed by atoms with van der Waals surface area (Å²) >= 11 is 0. The molecule has 196 valence electrons. The molecule has 8 rings (SSSR count). The minimum atomic E-state index is 0.982. The quantitative estimate of drug-likeness (QED) is 0.210. The molecule has 8 aromatic rings. The molecule has 0 aliphatic heterocycles. The first kappa shape index (κ1) is 24.2. The van der Waals surface area contributed by atoms with Gasteiger partial charge < -0.3 is 0 Å². The van der Waals surface area contributed by atoms with E-state index in [0.717, 1.165) is 27.7 Å². The van der Waals surface area contributed by atoms with Crippen LogP contribution >= 0.6 is 0 Å². The first-order valence-corrected chi connectivity index (χ1v) is 14.2. The number of fused-ring (bicyclic) bond motifs is 4. The third kappa shape index (κ3) is 4.22. The highest BCUT2D eigenvalue weighted by atomic mass is 14.7. The summed E-state index contributed by atoms with van der Waals surface area (Å²) in [5.74, 6) is 0. The van der Waals surface area contributed by atoms with Gasteiger partial charge in [-0.3, -0.25) is 4.98 Å². The Labute approximate surface area is 244 Å². The van der Waals surface area contributed by atoms with Crippen molar-refractivity contribution in [3.63, 3.8) is 0 Å². The minimum Gasteiger partial charge on any atom is -0.263 e. The number of aromatic nitrogens is 2. The Morgan fingerprint density at radius 1 is 0.381 bits per heavy atom.